The highest BCUT2D eigenvalue weighted by atomic mass is 32.1. The van der Waals surface area contributed by atoms with Gasteiger partial charge in [-0.3, -0.25) is 4.98 Å². The summed E-state index contributed by atoms with van der Waals surface area (Å²) in [4.78, 5) is 18.0. The largest absolute Gasteiger partial charge is 0.497 e. The van der Waals surface area contributed by atoms with E-state index in [0.29, 0.717) is 33.8 Å². The Hall–Kier alpha value is -3.98. The first kappa shape index (κ1) is 20.0. The molecule has 0 saturated heterocycles. The van der Waals surface area contributed by atoms with Gasteiger partial charge in [0.1, 0.15) is 11.6 Å². The van der Waals surface area contributed by atoms with Crippen molar-refractivity contribution in [2.24, 2.45) is 0 Å². The summed E-state index contributed by atoms with van der Waals surface area (Å²) in [5.74, 6) is -0.0962. The molecule has 2 aromatic carbocycles. The quantitative estimate of drug-likeness (QED) is 0.365. The predicted molar refractivity (Wildman–Crippen MR) is 120 cm³/mol. The van der Waals surface area contributed by atoms with Crippen molar-refractivity contribution in [3.63, 3.8) is 0 Å². The number of thiazole rings is 1. The standard InChI is InChI=1S/C23H15F2N5OS/c1-31-15-5-7-19-16(10-15)22(29-21(27-19)14-3-2-8-26-11-14)30-23-28-20(12-32-23)13-4-6-17(24)18(25)9-13/h2-12H,1H3,(H,27,28,29,30). The molecule has 0 aliphatic rings. The molecule has 0 radical (unpaired) electrons. The Bertz CT molecular complexity index is 1430. The Balaban J connectivity index is 1.57. The molecule has 6 nitrogen and oxygen atoms in total. The molecule has 5 rings (SSSR count). The van der Waals surface area contributed by atoms with Gasteiger partial charge in [0.15, 0.2) is 22.6 Å². The lowest BCUT2D eigenvalue weighted by atomic mass is 10.2. The number of anilines is 2. The lowest BCUT2D eigenvalue weighted by Gasteiger charge is -2.10. The summed E-state index contributed by atoms with van der Waals surface area (Å²) >= 11 is 1.33. The number of hydrogen-bond donors (Lipinski definition) is 1. The van der Waals surface area contributed by atoms with Crippen LogP contribution in [0.3, 0.4) is 0 Å². The number of nitrogens with zero attached hydrogens (tertiary/aromatic N) is 4. The van der Waals surface area contributed by atoms with E-state index in [4.69, 9.17) is 4.74 Å². The van der Waals surface area contributed by atoms with E-state index < -0.39 is 11.6 Å². The van der Waals surface area contributed by atoms with Crippen molar-refractivity contribution in [2.75, 3.05) is 12.4 Å². The Morgan fingerprint density at radius 2 is 1.84 bits per heavy atom. The molecule has 0 unspecified atom stereocenters. The maximum absolute atomic E-state index is 13.6. The van der Waals surface area contributed by atoms with Crippen LogP contribution in [-0.2, 0) is 0 Å². The van der Waals surface area contributed by atoms with Crippen LogP contribution in [0.4, 0.5) is 19.7 Å². The molecule has 3 heterocycles. The SMILES string of the molecule is COc1ccc2nc(-c3cccnc3)nc(Nc3nc(-c4ccc(F)c(F)c4)cs3)c2c1. The lowest BCUT2D eigenvalue weighted by Crippen LogP contribution is -2.00. The van der Waals surface area contributed by atoms with E-state index in [2.05, 4.69) is 25.3 Å². The lowest BCUT2D eigenvalue weighted by molar-refractivity contribution is 0.415. The smallest absolute Gasteiger partial charge is 0.188 e. The first-order valence-electron chi connectivity index (χ1n) is 9.55. The number of aromatic nitrogens is 4. The van der Waals surface area contributed by atoms with Crippen LogP contribution in [0.1, 0.15) is 0 Å². The highest BCUT2D eigenvalue weighted by Crippen LogP contribution is 2.32. The number of fused-ring (bicyclic) bond motifs is 1. The highest BCUT2D eigenvalue weighted by Gasteiger charge is 2.14. The van der Waals surface area contributed by atoms with E-state index in [9.17, 15) is 8.78 Å². The third kappa shape index (κ3) is 3.85. The van der Waals surface area contributed by atoms with Gasteiger partial charge < -0.3 is 10.1 Å². The Morgan fingerprint density at radius 1 is 0.938 bits per heavy atom. The van der Waals surface area contributed by atoms with Crippen LogP contribution in [-0.4, -0.2) is 27.0 Å². The molecular formula is C23H15F2N5OS. The van der Waals surface area contributed by atoms with Gasteiger partial charge in [-0.15, -0.1) is 11.3 Å². The van der Waals surface area contributed by atoms with Gasteiger partial charge in [-0.2, -0.15) is 0 Å². The molecule has 3 aromatic heterocycles. The Kier molecular flexibility index (Phi) is 5.16. The van der Waals surface area contributed by atoms with Gasteiger partial charge >= 0.3 is 0 Å². The minimum absolute atomic E-state index is 0.485. The molecular weight excluding hydrogens is 432 g/mol. The average molecular weight is 447 g/mol. The second-order valence-electron chi connectivity index (χ2n) is 6.81. The summed E-state index contributed by atoms with van der Waals surface area (Å²) in [7, 11) is 1.59. The average Bonchev–Trinajstić information content (AvgIpc) is 3.29. The van der Waals surface area contributed by atoms with Crippen molar-refractivity contribution in [1.29, 1.82) is 0 Å². The maximum Gasteiger partial charge on any atom is 0.188 e. The maximum atomic E-state index is 13.6. The van der Waals surface area contributed by atoms with E-state index in [1.165, 1.54) is 17.4 Å². The molecule has 0 atom stereocenters. The van der Waals surface area contributed by atoms with Crippen LogP contribution >= 0.6 is 11.3 Å². The summed E-state index contributed by atoms with van der Waals surface area (Å²) in [5.41, 5.74) is 2.51. The fourth-order valence-corrected chi connectivity index (χ4v) is 3.89. The molecule has 158 valence electrons. The first-order valence-corrected chi connectivity index (χ1v) is 10.4. The first-order chi connectivity index (χ1) is 15.6. The number of benzene rings is 2. The monoisotopic (exact) mass is 447 g/mol. The summed E-state index contributed by atoms with van der Waals surface area (Å²) < 4.78 is 32.2. The number of rotatable bonds is 5. The van der Waals surface area contributed by atoms with Gasteiger partial charge in [0.05, 0.1) is 18.3 Å². The van der Waals surface area contributed by atoms with E-state index in [0.717, 1.165) is 28.6 Å². The molecule has 0 bridgehead atoms. The van der Waals surface area contributed by atoms with Crippen LogP contribution < -0.4 is 10.1 Å². The van der Waals surface area contributed by atoms with Crippen LogP contribution in [0.2, 0.25) is 0 Å². The summed E-state index contributed by atoms with van der Waals surface area (Å²) in [6, 6.07) is 12.9. The molecule has 5 aromatic rings. The van der Waals surface area contributed by atoms with Crippen molar-refractivity contribution >= 4 is 33.2 Å². The molecule has 0 spiro atoms. The number of ether oxygens (including phenoxy) is 1. The van der Waals surface area contributed by atoms with Crippen LogP contribution in [0.25, 0.3) is 33.5 Å². The van der Waals surface area contributed by atoms with Crippen molar-refractivity contribution in [3.8, 4) is 28.4 Å². The van der Waals surface area contributed by atoms with Gasteiger partial charge in [0.2, 0.25) is 0 Å². The minimum atomic E-state index is -0.917. The number of hydrogen-bond acceptors (Lipinski definition) is 7. The zero-order valence-corrected chi connectivity index (χ0v) is 17.5. The molecule has 1 N–H and O–H groups in total. The fraction of sp³-hybridized carbons (Fsp3) is 0.0435. The fourth-order valence-electron chi connectivity index (χ4n) is 3.17. The third-order valence-corrected chi connectivity index (χ3v) is 5.53. The van der Waals surface area contributed by atoms with Gasteiger partial charge in [0, 0.05) is 34.3 Å². The summed E-state index contributed by atoms with van der Waals surface area (Å²) in [5, 5.41) is 6.30. The molecule has 0 fully saturated rings. The van der Waals surface area contributed by atoms with Gasteiger partial charge in [-0.1, -0.05) is 0 Å². The second-order valence-corrected chi connectivity index (χ2v) is 7.67. The topological polar surface area (TPSA) is 72.8 Å². The highest BCUT2D eigenvalue weighted by molar-refractivity contribution is 7.14. The van der Waals surface area contributed by atoms with Crippen molar-refractivity contribution in [3.05, 3.63) is 77.9 Å². The van der Waals surface area contributed by atoms with Crippen LogP contribution in [0.5, 0.6) is 5.75 Å². The van der Waals surface area contributed by atoms with E-state index in [-0.39, 0.29) is 0 Å². The van der Waals surface area contributed by atoms with Crippen LogP contribution in [0, 0.1) is 11.6 Å². The van der Waals surface area contributed by atoms with Crippen LogP contribution in [0.15, 0.2) is 66.3 Å². The zero-order chi connectivity index (χ0) is 22.1. The van der Waals surface area contributed by atoms with Gasteiger partial charge in [-0.25, -0.2) is 23.7 Å². The predicted octanol–water partition coefficient (Wildman–Crippen LogP) is 5.85. The third-order valence-electron chi connectivity index (χ3n) is 4.77. The summed E-state index contributed by atoms with van der Waals surface area (Å²) in [6.45, 7) is 0. The van der Waals surface area contributed by atoms with E-state index in [1.54, 1.807) is 24.9 Å². The van der Waals surface area contributed by atoms with E-state index >= 15 is 0 Å². The number of methoxy groups -OCH3 is 1. The Labute approximate surface area is 185 Å². The zero-order valence-electron chi connectivity index (χ0n) is 16.7. The van der Waals surface area contributed by atoms with Crippen molar-refractivity contribution in [2.45, 2.75) is 0 Å². The number of halogens is 2. The van der Waals surface area contributed by atoms with E-state index in [1.807, 2.05) is 30.3 Å². The molecule has 0 aliphatic heterocycles. The normalized spacial score (nSPS) is 11.0. The molecule has 9 heteroatoms. The Morgan fingerprint density at radius 3 is 2.62 bits per heavy atom. The van der Waals surface area contributed by atoms with Gasteiger partial charge in [-0.05, 0) is 48.5 Å². The molecule has 0 amide bonds. The number of pyridine rings is 1. The minimum Gasteiger partial charge on any atom is -0.497 e. The molecule has 0 saturated carbocycles. The molecule has 0 aliphatic carbocycles. The van der Waals surface area contributed by atoms with Crippen molar-refractivity contribution < 1.29 is 13.5 Å². The summed E-state index contributed by atoms with van der Waals surface area (Å²) in [6.07, 6.45) is 3.38. The van der Waals surface area contributed by atoms with Crippen molar-refractivity contribution in [1.82, 2.24) is 19.9 Å². The van der Waals surface area contributed by atoms with Gasteiger partial charge in [0.25, 0.3) is 0 Å². The number of nitrogens with one attached hydrogen (secondary N) is 1. The molecule has 32 heavy (non-hydrogen) atoms. The second kappa shape index (κ2) is 8.27.